The molecule has 2 heterocycles. The highest BCUT2D eigenvalue weighted by molar-refractivity contribution is 5.87. The van der Waals surface area contributed by atoms with Crippen LogP contribution in [0, 0.1) is 5.41 Å². The molecule has 44 heavy (non-hydrogen) atoms. The van der Waals surface area contributed by atoms with E-state index in [0.29, 0.717) is 0 Å². The van der Waals surface area contributed by atoms with Gasteiger partial charge in [-0.3, -0.25) is 4.79 Å². The van der Waals surface area contributed by atoms with E-state index in [-0.39, 0.29) is 5.41 Å². The maximum atomic E-state index is 9.00. The molecule has 6 nitrogen and oxygen atoms in total. The van der Waals surface area contributed by atoms with Crippen molar-refractivity contribution in [2.24, 2.45) is 12.5 Å². The minimum atomic E-state index is -1.17. The normalized spacial score (nSPS) is 17.4. The number of hydrogen-bond donors (Lipinski definition) is 3. The summed E-state index contributed by atoms with van der Waals surface area (Å²) >= 11 is 0. The van der Waals surface area contributed by atoms with E-state index in [1.54, 1.807) is 0 Å². The van der Waals surface area contributed by atoms with Crippen LogP contribution in [-0.2, 0) is 11.8 Å². The van der Waals surface area contributed by atoms with Crippen LogP contribution in [-0.4, -0.2) is 34.6 Å². The van der Waals surface area contributed by atoms with Crippen LogP contribution < -0.4 is 9.47 Å². The molecule has 1 aliphatic carbocycles. The zero-order chi connectivity index (χ0) is 32.3. The lowest BCUT2D eigenvalue weighted by Crippen LogP contribution is -2.28. The minimum absolute atomic E-state index is 0.245. The number of allylic oxidation sites excluding steroid dienone is 10. The molecular formula is C38H45N2O4+. The number of rotatable bonds is 4. The summed E-state index contributed by atoms with van der Waals surface area (Å²) in [5, 5.41) is 23.9. The average Bonchev–Trinajstić information content (AvgIpc) is 2.94. The maximum absolute atomic E-state index is 9.00. The molecular weight excluding hydrogens is 548 g/mol. The lowest BCUT2D eigenvalue weighted by Gasteiger charge is -2.30. The van der Waals surface area contributed by atoms with E-state index in [0.717, 1.165) is 19.8 Å². The largest absolute Gasteiger partial charge is 0.481 e. The highest BCUT2D eigenvalue weighted by Crippen LogP contribution is 2.38. The number of carboxylic acids is 1. The summed E-state index contributed by atoms with van der Waals surface area (Å²) in [7, 11) is 4.19. The van der Waals surface area contributed by atoms with Gasteiger partial charge in [-0.15, -0.1) is 0 Å². The summed E-state index contributed by atoms with van der Waals surface area (Å²) in [6.45, 7) is 7.09. The molecule has 0 radical (unpaired) electrons. The summed E-state index contributed by atoms with van der Waals surface area (Å²) in [6.07, 6.45) is 23.3. The Morgan fingerprint density at radius 2 is 1.61 bits per heavy atom. The molecule has 0 fully saturated rings. The molecule has 5 rings (SSSR count). The Morgan fingerprint density at radius 3 is 2.34 bits per heavy atom. The number of para-hydroxylation sites is 2. The first kappa shape index (κ1) is 34.0. The van der Waals surface area contributed by atoms with Crippen molar-refractivity contribution in [3.05, 3.63) is 132 Å². The third-order valence-electron chi connectivity index (χ3n) is 7.05. The predicted molar refractivity (Wildman–Crippen MR) is 182 cm³/mol. The van der Waals surface area contributed by atoms with E-state index in [1.165, 1.54) is 51.4 Å². The van der Waals surface area contributed by atoms with Crippen LogP contribution in [0.4, 0.5) is 5.69 Å². The van der Waals surface area contributed by atoms with Gasteiger partial charge in [0.05, 0.1) is 5.39 Å². The third kappa shape index (κ3) is 10.3. The van der Waals surface area contributed by atoms with E-state index in [2.05, 4.69) is 153 Å². The second-order valence-electron chi connectivity index (χ2n) is 11.8. The minimum Gasteiger partial charge on any atom is -0.481 e. The van der Waals surface area contributed by atoms with Crippen molar-refractivity contribution >= 4 is 34.2 Å². The number of pyridine rings is 1. The van der Waals surface area contributed by atoms with Gasteiger partial charge in [0.25, 0.3) is 5.97 Å². The van der Waals surface area contributed by atoms with Crippen LogP contribution in [0.2, 0.25) is 0 Å². The highest BCUT2D eigenvalue weighted by atomic mass is 16.5. The first-order valence-electron chi connectivity index (χ1n) is 14.8. The summed E-state index contributed by atoms with van der Waals surface area (Å²) in [5.41, 5.74) is 9.27. The van der Waals surface area contributed by atoms with Crippen LogP contribution in [0.15, 0.2) is 121 Å². The number of carboxylic acid groups (broad SMARTS) is 1. The van der Waals surface area contributed by atoms with Crippen LogP contribution in [0.1, 0.15) is 51.7 Å². The molecule has 0 amide bonds. The average molecular weight is 594 g/mol. The van der Waals surface area contributed by atoms with Crippen molar-refractivity contribution in [3.63, 3.8) is 0 Å². The fraction of sp³-hybridized carbons (Fsp3) is 0.263. The highest BCUT2D eigenvalue weighted by Gasteiger charge is 2.24. The van der Waals surface area contributed by atoms with Gasteiger partial charge < -0.3 is 20.2 Å². The topological polar surface area (TPSA) is 84.9 Å². The van der Waals surface area contributed by atoms with E-state index >= 15 is 0 Å². The molecule has 1 aromatic heterocycles. The first-order valence-corrected chi connectivity index (χ1v) is 14.8. The van der Waals surface area contributed by atoms with Gasteiger partial charge in [-0.2, -0.15) is 0 Å². The van der Waals surface area contributed by atoms with Gasteiger partial charge in [0.2, 0.25) is 5.52 Å². The van der Waals surface area contributed by atoms with Gasteiger partial charge in [0.15, 0.2) is 6.20 Å². The van der Waals surface area contributed by atoms with Gasteiger partial charge in [0, 0.05) is 43.6 Å². The Balaban J connectivity index is 0.000000592. The van der Waals surface area contributed by atoms with Crippen LogP contribution in [0.5, 0.6) is 0 Å². The van der Waals surface area contributed by atoms with E-state index in [9.17, 15) is 0 Å². The molecule has 3 N–H and O–H groups in total. The molecule has 2 aromatic carbocycles. The van der Waals surface area contributed by atoms with Crippen molar-refractivity contribution < 1.29 is 24.7 Å². The molecule has 6 heteroatoms. The predicted octanol–water partition coefficient (Wildman–Crippen LogP) is 7.36. The number of benzene rings is 2. The van der Waals surface area contributed by atoms with Crippen molar-refractivity contribution in [1.29, 1.82) is 0 Å². The summed E-state index contributed by atoms with van der Waals surface area (Å²) < 4.78 is 2.17. The Bertz CT molecular complexity index is 1630. The SMILES string of the molecule is CC(=O)O.CC(O)O.CN1C=CC(=CC=CC2=C/C(=C/C=Cc3cc[n+](C)c4ccccc34)CC(C)(C)C2)c2ccccc21. The summed E-state index contributed by atoms with van der Waals surface area (Å²) in [6, 6.07) is 19.3. The number of aromatic nitrogens is 1. The number of aryl methyl sites for hydroxylation is 1. The Labute approximate surface area is 261 Å². The number of aliphatic carboxylic acids is 1. The van der Waals surface area contributed by atoms with Crippen LogP contribution >= 0.6 is 0 Å². The quantitative estimate of drug-likeness (QED) is 0.217. The van der Waals surface area contributed by atoms with E-state index < -0.39 is 12.3 Å². The fourth-order valence-electron chi connectivity index (χ4n) is 5.34. The molecule has 1 aliphatic heterocycles. The molecule has 0 atom stereocenters. The first-order chi connectivity index (χ1) is 20.9. The number of nitrogens with zero attached hydrogens (tertiary/aromatic N) is 2. The molecule has 230 valence electrons. The molecule has 0 unspecified atom stereocenters. The third-order valence-corrected chi connectivity index (χ3v) is 7.05. The molecule has 0 spiro atoms. The second kappa shape index (κ2) is 15.8. The number of hydrogen-bond acceptors (Lipinski definition) is 4. The van der Waals surface area contributed by atoms with Crippen molar-refractivity contribution in [3.8, 4) is 0 Å². The lowest BCUT2D eigenvalue weighted by molar-refractivity contribution is -0.644. The Kier molecular flexibility index (Phi) is 12.2. The zero-order valence-corrected chi connectivity index (χ0v) is 26.6. The monoisotopic (exact) mass is 593 g/mol. The second-order valence-corrected chi connectivity index (χ2v) is 11.8. The number of fused-ring (bicyclic) bond motifs is 2. The van der Waals surface area contributed by atoms with Crippen molar-refractivity contribution in [1.82, 2.24) is 0 Å². The number of anilines is 1. The van der Waals surface area contributed by atoms with Crippen LogP contribution in [0.25, 0.3) is 22.6 Å². The number of carbonyl (C=O) groups is 1. The molecule has 3 aromatic rings. The fourth-order valence-corrected chi connectivity index (χ4v) is 5.34. The van der Waals surface area contributed by atoms with E-state index in [4.69, 9.17) is 20.1 Å². The Morgan fingerprint density at radius 1 is 0.977 bits per heavy atom. The smallest absolute Gasteiger partial charge is 0.300 e. The van der Waals surface area contributed by atoms with Crippen molar-refractivity contribution in [2.45, 2.75) is 46.8 Å². The van der Waals surface area contributed by atoms with Gasteiger partial charge >= 0.3 is 0 Å². The van der Waals surface area contributed by atoms with Gasteiger partial charge in [-0.25, -0.2) is 4.57 Å². The molecule has 0 saturated heterocycles. The number of aliphatic hydroxyl groups is 2. The van der Waals surface area contributed by atoms with Gasteiger partial charge in [-0.1, -0.05) is 86.7 Å². The van der Waals surface area contributed by atoms with Gasteiger partial charge in [0.1, 0.15) is 13.3 Å². The summed E-state index contributed by atoms with van der Waals surface area (Å²) in [5.74, 6) is -0.833. The number of aliphatic hydroxyl groups excluding tert-OH is 1. The van der Waals surface area contributed by atoms with Crippen molar-refractivity contribution in [2.75, 3.05) is 11.9 Å². The molecule has 2 aliphatic rings. The maximum Gasteiger partial charge on any atom is 0.300 e. The molecule has 0 bridgehead atoms. The van der Waals surface area contributed by atoms with E-state index in [1.807, 2.05) is 0 Å². The lowest BCUT2D eigenvalue weighted by atomic mass is 9.75. The standard InChI is InChI=1S/C34H35N2.C2H6O2.C2H4O2/c1-34(2)24-26(11-9-13-28-19-21-35(3)32-17-7-5-15-30(28)32)23-27(25-34)12-10-14-29-20-22-36(4)33-18-8-6-16-31(29)33;2*1-2(3)4/h5-23H,24-25H2,1-4H3;2-4H,1H3;1H3,(H,3,4)/q+1;;. The summed E-state index contributed by atoms with van der Waals surface area (Å²) in [4.78, 5) is 11.2. The zero-order valence-electron chi connectivity index (χ0n) is 26.6. The molecule has 0 saturated carbocycles. The Hall–Kier alpha value is -4.52. The van der Waals surface area contributed by atoms with Gasteiger partial charge in [-0.05, 0) is 65.7 Å². The van der Waals surface area contributed by atoms with Crippen LogP contribution in [0.3, 0.4) is 0 Å².